The standard InChI is InChI=1S/C30H32O14/c1-15(31)39-14-26-27(40-16(2)32)28(41-17(3)33)29(42-18(4)34)30(44-26)43-20-6-7-21(23(36)13-20)22(35)11-19-5-8-24-25(12-19)38-10-9-37-24/h5-8,12-13,26-30,36H,9-11,14H2,1-4H3/t26-,27-,28-,29-,30+/m0/s1. The number of aromatic hydroxyl groups is 1. The average molecular weight is 617 g/mol. The number of Topliss-reactive ketones (excluding diaryl/α,β-unsaturated/α-hetero) is 1. The number of esters is 4. The molecule has 1 N–H and O–H groups in total. The molecule has 236 valence electrons. The summed E-state index contributed by atoms with van der Waals surface area (Å²) in [4.78, 5) is 60.5. The molecular weight excluding hydrogens is 584 g/mol. The lowest BCUT2D eigenvalue weighted by Gasteiger charge is -2.43. The molecule has 0 saturated carbocycles. The number of phenols is 1. The summed E-state index contributed by atoms with van der Waals surface area (Å²) in [5, 5.41) is 10.7. The van der Waals surface area contributed by atoms with Gasteiger partial charge in [0.1, 0.15) is 37.4 Å². The van der Waals surface area contributed by atoms with Gasteiger partial charge in [0.2, 0.25) is 12.4 Å². The van der Waals surface area contributed by atoms with Crippen molar-refractivity contribution in [2.75, 3.05) is 19.8 Å². The molecule has 14 heteroatoms. The van der Waals surface area contributed by atoms with Crippen LogP contribution in [0.2, 0.25) is 0 Å². The molecule has 2 aliphatic rings. The van der Waals surface area contributed by atoms with Crippen molar-refractivity contribution in [3.63, 3.8) is 0 Å². The Balaban J connectivity index is 1.57. The molecule has 2 aromatic rings. The van der Waals surface area contributed by atoms with Crippen molar-refractivity contribution in [1.29, 1.82) is 0 Å². The Bertz CT molecular complexity index is 1420. The first-order valence-corrected chi connectivity index (χ1v) is 13.6. The van der Waals surface area contributed by atoms with Gasteiger partial charge < -0.3 is 43.0 Å². The summed E-state index contributed by atoms with van der Waals surface area (Å²) in [6.45, 7) is 4.86. The molecule has 14 nitrogen and oxygen atoms in total. The van der Waals surface area contributed by atoms with Crippen molar-refractivity contribution in [3.05, 3.63) is 47.5 Å². The van der Waals surface area contributed by atoms with Gasteiger partial charge in [-0.3, -0.25) is 24.0 Å². The van der Waals surface area contributed by atoms with Crippen LogP contribution in [0.4, 0.5) is 0 Å². The highest BCUT2D eigenvalue weighted by Crippen LogP contribution is 2.34. The van der Waals surface area contributed by atoms with E-state index in [1.165, 1.54) is 12.1 Å². The first kappa shape index (κ1) is 32.1. The molecular formula is C30H32O14. The Kier molecular flexibility index (Phi) is 10.3. The monoisotopic (exact) mass is 616 g/mol. The van der Waals surface area contributed by atoms with Crippen molar-refractivity contribution in [3.8, 4) is 23.0 Å². The number of hydrogen-bond donors (Lipinski definition) is 1. The fourth-order valence-corrected chi connectivity index (χ4v) is 4.72. The van der Waals surface area contributed by atoms with Gasteiger partial charge in [0, 0.05) is 40.2 Å². The third-order valence-corrected chi connectivity index (χ3v) is 6.44. The molecule has 5 atom stereocenters. The van der Waals surface area contributed by atoms with Crippen molar-refractivity contribution >= 4 is 29.7 Å². The Morgan fingerprint density at radius 1 is 0.773 bits per heavy atom. The average Bonchev–Trinajstić information content (AvgIpc) is 2.94. The van der Waals surface area contributed by atoms with Gasteiger partial charge in [0.25, 0.3) is 0 Å². The highest BCUT2D eigenvalue weighted by Gasteiger charge is 2.53. The number of hydrogen-bond acceptors (Lipinski definition) is 14. The molecule has 4 rings (SSSR count). The summed E-state index contributed by atoms with van der Waals surface area (Å²) in [5.41, 5.74) is 0.658. The molecule has 44 heavy (non-hydrogen) atoms. The minimum Gasteiger partial charge on any atom is -0.507 e. The van der Waals surface area contributed by atoms with Gasteiger partial charge in [-0.05, 0) is 29.8 Å². The van der Waals surface area contributed by atoms with Gasteiger partial charge in [-0.1, -0.05) is 6.07 Å². The lowest BCUT2D eigenvalue weighted by Crippen LogP contribution is -2.63. The van der Waals surface area contributed by atoms with E-state index in [1.807, 2.05) is 0 Å². The first-order valence-electron chi connectivity index (χ1n) is 13.6. The zero-order chi connectivity index (χ0) is 32.0. The number of fused-ring (bicyclic) bond motifs is 1. The van der Waals surface area contributed by atoms with Gasteiger partial charge >= 0.3 is 23.9 Å². The highest BCUT2D eigenvalue weighted by atomic mass is 16.7. The SMILES string of the molecule is CC(=O)OC[C@@H]1O[C@@H](Oc2ccc(C(=O)Cc3ccc4c(c3)OCCO4)c(O)c2)[C@@H](OC(C)=O)[C@@H](OC(C)=O)[C@H]1OC(C)=O. The van der Waals surface area contributed by atoms with Crippen LogP contribution in [-0.4, -0.2) is 85.3 Å². The predicted octanol–water partition coefficient (Wildman–Crippen LogP) is 2.05. The minimum absolute atomic E-state index is 0.00813. The van der Waals surface area contributed by atoms with Crippen LogP contribution in [0.1, 0.15) is 43.6 Å². The summed E-state index contributed by atoms with van der Waals surface area (Å²) in [6, 6.07) is 9.02. The maximum atomic E-state index is 13.0. The third kappa shape index (κ3) is 8.16. The van der Waals surface area contributed by atoms with E-state index >= 15 is 0 Å². The molecule has 1 saturated heterocycles. The largest absolute Gasteiger partial charge is 0.507 e. The molecule has 0 unspecified atom stereocenters. The van der Waals surface area contributed by atoms with E-state index in [9.17, 15) is 29.1 Å². The second kappa shape index (κ2) is 14.1. The van der Waals surface area contributed by atoms with Crippen molar-refractivity contribution in [2.45, 2.75) is 64.8 Å². The molecule has 2 aromatic carbocycles. The topological polar surface area (TPSA) is 179 Å². The smallest absolute Gasteiger partial charge is 0.303 e. The zero-order valence-electron chi connectivity index (χ0n) is 24.4. The zero-order valence-corrected chi connectivity index (χ0v) is 24.4. The lowest BCUT2D eigenvalue weighted by atomic mass is 9.98. The van der Waals surface area contributed by atoms with E-state index in [2.05, 4.69) is 0 Å². The number of benzene rings is 2. The molecule has 0 radical (unpaired) electrons. The summed E-state index contributed by atoms with van der Waals surface area (Å²) < 4.78 is 44.0. The number of phenolic OH excluding ortho intramolecular Hbond substituents is 1. The van der Waals surface area contributed by atoms with Crippen LogP contribution in [-0.2, 0) is 49.3 Å². The van der Waals surface area contributed by atoms with Crippen LogP contribution in [0.15, 0.2) is 36.4 Å². The van der Waals surface area contributed by atoms with Crippen LogP contribution in [0.25, 0.3) is 0 Å². The van der Waals surface area contributed by atoms with Crippen LogP contribution < -0.4 is 14.2 Å². The number of ether oxygens (including phenoxy) is 8. The molecule has 0 bridgehead atoms. The molecule has 2 heterocycles. The van der Waals surface area contributed by atoms with Crippen LogP contribution in [0.5, 0.6) is 23.0 Å². The minimum atomic E-state index is -1.51. The summed E-state index contributed by atoms with van der Waals surface area (Å²) in [7, 11) is 0. The Labute approximate surface area is 252 Å². The highest BCUT2D eigenvalue weighted by molar-refractivity contribution is 6.00. The van der Waals surface area contributed by atoms with Gasteiger partial charge in [-0.25, -0.2) is 0 Å². The normalized spacial score (nSPS) is 22.2. The van der Waals surface area contributed by atoms with Gasteiger partial charge in [0.05, 0.1) is 5.56 Å². The second-order valence-electron chi connectivity index (χ2n) is 9.94. The maximum absolute atomic E-state index is 13.0. The van der Waals surface area contributed by atoms with E-state index in [4.69, 9.17) is 37.9 Å². The number of ketones is 1. The number of rotatable bonds is 10. The van der Waals surface area contributed by atoms with Crippen molar-refractivity contribution in [2.24, 2.45) is 0 Å². The van der Waals surface area contributed by atoms with E-state index in [0.717, 1.165) is 33.8 Å². The third-order valence-electron chi connectivity index (χ3n) is 6.44. The Hall–Kier alpha value is -4.85. The molecule has 0 amide bonds. The summed E-state index contributed by atoms with van der Waals surface area (Å²) in [5.74, 6) is -2.74. The van der Waals surface area contributed by atoms with Crippen LogP contribution >= 0.6 is 0 Å². The van der Waals surface area contributed by atoms with E-state index < -0.39 is 72.7 Å². The molecule has 0 aromatic heterocycles. The lowest BCUT2D eigenvalue weighted by molar-refractivity contribution is -0.288. The Morgan fingerprint density at radius 2 is 1.41 bits per heavy atom. The van der Waals surface area contributed by atoms with Gasteiger partial charge in [-0.2, -0.15) is 0 Å². The van der Waals surface area contributed by atoms with Crippen molar-refractivity contribution in [1.82, 2.24) is 0 Å². The maximum Gasteiger partial charge on any atom is 0.303 e. The fourth-order valence-electron chi connectivity index (χ4n) is 4.72. The van der Waals surface area contributed by atoms with Crippen molar-refractivity contribution < 1.29 is 67.0 Å². The first-order chi connectivity index (χ1) is 20.9. The molecule has 2 aliphatic heterocycles. The van der Waals surface area contributed by atoms with Crippen LogP contribution in [0.3, 0.4) is 0 Å². The van der Waals surface area contributed by atoms with Gasteiger partial charge in [0.15, 0.2) is 29.5 Å². The fraction of sp³-hybridized carbons (Fsp3) is 0.433. The molecule has 1 fully saturated rings. The second-order valence-corrected chi connectivity index (χ2v) is 9.94. The number of carbonyl (C=O) groups is 5. The number of carbonyl (C=O) groups excluding carboxylic acids is 5. The predicted molar refractivity (Wildman–Crippen MR) is 146 cm³/mol. The quantitative estimate of drug-likeness (QED) is 0.233. The van der Waals surface area contributed by atoms with E-state index in [-0.39, 0.29) is 17.7 Å². The summed E-state index contributed by atoms with van der Waals surface area (Å²) >= 11 is 0. The molecule has 0 spiro atoms. The summed E-state index contributed by atoms with van der Waals surface area (Å²) in [6.07, 6.45) is -7.01. The van der Waals surface area contributed by atoms with Gasteiger partial charge in [-0.15, -0.1) is 0 Å². The van der Waals surface area contributed by atoms with Crippen LogP contribution in [0, 0.1) is 0 Å². The molecule has 0 aliphatic carbocycles. The van der Waals surface area contributed by atoms with E-state index in [0.29, 0.717) is 30.3 Å². The Morgan fingerprint density at radius 3 is 2.05 bits per heavy atom. The van der Waals surface area contributed by atoms with E-state index in [1.54, 1.807) is 18.2 Å².